The van der Waals surface area contributed by atoms with E-state index in [0.717, 1.165) is 36.3 Å². The van der Waals surface area contributed by atoms with Gasteiger partial charge in [0.2, 0.25) is 11.8 Å². The summed E-state index contributed by atoms with van der Waals surface area (Å²) in [4.78, 5) is 19.1. The zero-order valence-corrected chi connectivity index (χ0v) is 14.2. The van der Waals surface area contributed by atoms with E-state index in [1.54, 1.807) is 0 Å². The number of nitrogens with zero attached hydrogens (tertiary/aromatic N) is 5. The van der Waals surface area contributed by atoms with E-state index in [9.17, 15) is 4.79 Å². The van der Waals surface area contributed by atoms with Gasteiger partial charge in [0.05, 0.1) is 18.2 Å². The second-order valence-electron chi connectivity index (χ2n) is 6.09. The highest BCUT2D eigenvalue weighted by Gasteiger charge is 2.33. The van der Waals surface area contributed by atoms with E-state index in [1.807, 2.05) is 37.4 Å². The Labute approximate surface area is 135 Å². The van der Waals surface area contributed by atoms with Crippen LogP contribution in [0.15, 0.2) is 4.52 Å². The van der Waals surface area contributed by atoms with Crippen molar-refractivity contribution in [1.29, 1.82) is 0 Å². The molecule has 7 nitrogen and oxygen atoms in total. The zero-order chi connectivity index (χ0) is 16.6. The van der Waals surface area contributed by atoms with Crippen LogP contribution in [0.2, 0.25) is 0 Å². The van der Waals surface area contributed by atoms with Crippen LogP contribution in [0.1, 0.15) is 54.5 Å². The SMILES string of the molecule is CCc1nc(C2CCCN2C(=O)Cc2c(C)nn(C)c2C)no1. The summed E-state index contributed by atoms with van der Waals surface area (Å²) < 4.78 is 7.03. The molecule has 124 valence electrons. The fraction of sp³-hybridized carbons (Fsp3) is 0.625. The van der Waals surface area contributed by atoms with Gasteiger partial charge >= 0.3 is 0 Å². The molecule has 1 aliphatic heterocycles. The largest absolute Gasteiger partial charge is 0.339 e. The van der Waals surface area contributed by atoms with E-state index in [2.05, 4.69) is 15.2 Å². The van der Waals surface area contributed by atoms with Gasteiger partial charge in [0.25, 0.3) is 0 Å². The smallest absolute Gasteiger partial charge is 0.227 e. The average Bonchev–Trinajstić information content (AvgIpc) is 3.22. The minimum absolute atomic E-state index is 0.0659. The van der Waals surface area contributed by atoms with Gasteiger partial charge in [0.1, 0.15) is 0 Å². The standard InChI is InChI=1S/C16H23N5O2/c1-5-14-17-16(19-23-14)13-7-6-8-21(13)15(22)9-12-10(2)18-20(4)11(12)3/h13H,5-9H2,1-4H3. The van der Waals surface area contributed by atoms with Crippen molar-refractivity contribution < 1.29 is 9.32 Å². The van der Waals surface area contributed by atoms with Gasteiger partial charge in [-0.15, -0.1) is 0 Å². The lowest BCUT2D eigenvalue weighted by Gasteiger charge is -2.22. The van der Waals surface area contributed by atoms with Crippen LogP contribution in [-0.4, -0.2) is 37.3 Å². The average molecular weight is 317 g/mol. The molecule has 0 aromatic carbocycles. The fourth-order valence-electron chi connectivity index (χ4n) is 3.21. The Bertz CT molecular complexity index is 718. The molecule has 2 aromatic rings. The first kappa shape index (κ1) is 15.7. The van der Waals surface area contributed by atoms with E-state index in [0.29, 0.717) is 24.6 Å². The quantitative estimate of drug-likeness (QED) is 0.860. The summed E-state index contributed by atoms with van der Waals surface area (Å²) in [7, 11) is 1.90. The van der Waals surface area contributed by atoms with Crippen LogP contribution >= 0.6 is 0 Å². The summed E-state index contributed by atoms with van der Waals surface area (Å²) >= 11 is 0. The normalized spacial score (nSPS) is 17.9. The fourth-order valence-corrected chi connectivity index (χ4v) is 3.21. The molecule has 1 fully saturated rings. The van der Waals surface area contributed by atoms with Gasteiger partial charge in [0.15, 0.2) is 5.82 Å². The first-order valence-corrected chi connectivity index (χ1v) is 8.12. The van der Waals surface area contributed by atoms with Gasteiger partial charge in [-0.25, -0.2) is 0 Å². The molecule has 1 amide bonds. The molecule has 3 heterocycles. The van der Waals surface area contributed by atoms with Gasteiger partial charge in [-0.05, 0) is 26.7 Å². The lowest BCUT2D eigenvalue weighted by atomic mass is 10.1. The number of rotatable bonds is 4. The molecule has 7 heteroatoms. The maximum Gasteiger partial charge on any atom is 0.227 e. The number of likely N-dealkylation sites (tertiary alicyclic amines) is 1. The van der Waals surface area contributed by atoms with Gasteiger partial charge < -0.3 is 9.42 Å². The van der Waals surface area contributed by atoms with E-state index in [-0.39, 0.29) is 11.9 Å². The highest BCUT2D eigenvalue weighted by Crippen LogP contribution is 2.31. The van der Waals surface area contributed by atoms with E-state index in [1.165, 1.54) is 0 Å². The lowest BCUT2D eigenvalue weighted by molar-refractivity contribution is -0.131. The van der Waals surface area contributed by atoms with Crippen LogP contribution in [-0.2, 0) is 24.7 Å². The monoisotopic (exact) mass is 317 g/mol. The molecular weight excluding hydrogens is 294 g/mol. The Morgan fingerprint density at radius 1 is 1.39 bits per heavy atom. The number of carbonyl (C=O) groups is 1. The molecule has 2 aromatic heterocycles. The summed E-state index contributed by atoms with van der Waals surface area (Å²) in [6, 6.07) is -0.0659. The summed E-state index contributed by atoms with van der Waals surface area (Å²) in [6.45, 7) is 6.67. The van der Waals surface area contributed by atoms with Crippen molar-refractivity contribution >= 4 is 5.91 Å². The third-order valence-corrected chi connectivity index (χ3v) is 4.64. The van der Waals surface area contributed by atoms with Crippen molar-refractivity contribution in [2.45, 2.75) is 52.5 Å². The van der Waals surface area contributed by atoms with Crippen molar-refractivity contribution in [2.75, 3.05) is 6.54 Å². The van der Waals surface area contributed by atoms with Crippen LogP contribution in [0.5, 0.6) is 0 Å². The highest BCUT2D eigenvalue weighted by molar-refractivity contribution is 5.80. The van der Waals surface area contributed by atoms with Crippen LogP contribution < -0.4 is 0 Å². The topological polar surface area (TPSA) is 77.1 Å². The molecule has 0 N–H and O–H groups in total. The number of carbonyl (C=O) groups excluding carboxylic acids is 1. The molecule has 1 aliphatic rings. The first-order valence-electron chi connectivity index (χ1n) is 8.12. The summed E-state index contributed by atoms with van der Waals surface area (Å²) in [6.07, 6.45) is 2.94. The van der Waals surface area contributed by atoms with Gasteiger partial charge in [-0.3, -0.25) is 9.48 Å². The maximum atomic E-state index is 12.8. The summed E-state index contributed by atoms with van der Waals surface area (Å²) in [5.74, 6) is 1.36. The van der Waals surface area contributed by atoms with E-state index < -0.39 is 0 Å². The van der Waals surface area contributed by atoms with Crippen LogP contribution in [0.3, 0.4) is 0 Å². The van der Waals surface area contributed by atoms with Crippen LogP contribution in [0.25, 0.3) is 0 Å². The van der Waals surface area contributed by atoms with E-state index >= 15 is 0 Å². The minimum Gasteiger partial charge on any atom is -0.339 e. The number of aryl methyl sites for hydroxylation is 3. The predicted molar refractivity (Wildman–Crippen MR) is 83.8 cm³/mol. The van der Waals surface area contributed by atoms with Crippen molar-refractivity contribution in [1.82, 2.24) is 24.8 Å². The van der Waals surface area contributed by atoms with Crippen molar-refractivity contribution in [3.63, 3.8) is 0 Å². The molecule has 0 spiro atoms. The molecule has 1 atom stereocenters. The lowest BCUT2D eigenvalue weighted by Crippen LogP contribution is -2.32. The predicted octanol–water partition coefficient (Wildman–Crippen LogP) is 1.89. The van der Waals surface area contributed by atoms with Gasteiger partial charge in [-0.2, -0.15) is 10.1 Å². The first-order chi connectivity index (χ1) is 11.0. The number of amides is 1. The Balaban J connectivity index is 1.78. The number of hydrogen-bond acceptors (Lipinski definition) is 5. The van der Waals surface area contributed by atoms with Gasteiger partial charge in [-0.1, -0.05) is 12.1 Å². The maximum absolute atomic E-state index is 12.8. The van der Waals surface area contributed by atoms with Crippen LogP contribution in [0, 0.1) is 13.8 Å². The Hall–Kier alpha value is -2.18. The second-order valence-corrected chi connectivity index (χ2v) is 6.09. The third-order valence-electron chi connectivity index (χ3n) is 4.64. The van der Waals surface area contributed by atoms with E-state index in [4.69, 9.17) is 4.52 Å². The number of hydrogen-bond donors (Lipinski definition) is 0. The second kappa shape index (κ2) is 6.14. The van der Waals surface area contributed by atoms with Crippen LogP contribution in [0.4, 0.5) is 0 Å². The Kier molecular flexibility index (Phi) is 4.19. The summed E-state index contributed by atoms with van der Waals surface area (Å²) in [5.41, 5.74) is 2.98. The molecule has 0 saturated carbocycles. The molecule has 3 rings (SSSR count). The Morgan fingerprint density at radius 2 is 2.17 bits per heavy atom. The third kappa shape index (κ3) is 2.87. The summed E-state index contributed by atoms with van der Waals surface area (Å²) in [5, 5.41) is 8.44. The van der Waals surface area contributed by atoms with Gasteiger partial charge in [0, 0.05) is 31.3 Å². The van der Waals surface area contributed by atoms with Crippen molar-refractivity contribution in [3.05, 3.63) is 28.7 Å². The molecule has 0 bridgehead atoms. The molecule has 1 saturated heterocycles. The highest BCUT2D eigenvalue weighted by atomic mass is 16.5. The minimum atomic E-state index is -0.0659. The molecule has 0 radical (unpaired) electrons. The zero-order valence-electron chi connectivity index (χ0n) is 14.2. The molecule has 0 aliphatic carbocycles. The Morgan fingerprint density at radius 3 is 2.78 bits per heavy atom. The number of aromatic nitrogens is 4. The molecular formula is C16H23N5O2. The van der Waals surface area contributed by atoms with Crippen molar-refractivity contribution in [3.8, 4) is 0 Å². The van der Waals surface area contributed by atoms with Crippen molar-refractivity contribution in [2.24, 2.45) is 7.05 Å². The molecule has 23 heavy (non-hydrogen) atoms. The molecule has 1 unspecified atom stereocenters.